The Balaban J connectivity index is 2.58. The molecule has 1 amide bonds. The molecule has 0 atom stereocenters. The third kappa shape index (κ3) is 3.02. The number of rotatable bonds is 2. The maximum absolute atomic E-state index is 10.9. The predicted octanol–water partition coefficient (Wildman–Crippen LogP) is 1.96. The number of phenols is 1. The highest BCUT2D eigenvalue weighted by atomic mass is 16.5. The molecule has 1 aromatic carbocycles. The van der Waals surface area contributed by atoms with Crippen LogP contribution in [0.15, 0.2) is 24.3 Å². The first-order chi connectivity index (χ1) is 6.22. The number of amides is 1. The van der Waals surface area contributed by atoms with Crippen LogP contribution in [-0.4, -0.2) is 17.8 Å². The van der Waals surface area contributed by atoms with E-state index in [0.29, 0.717) is 12.3 Å². The SMILES string of the molecule is CCOC(=O)Nc1cccc(O)c1. The summed E-state index contributed by atoms with van der Waals surface area (Å²) in [7, 11) is 0. The van der Waals surface area contributed by atoms with E-state index in [2.05, 4.69) is 10.1 Å². The van der Waals surface area contributed by atoms with Crippen molar-refractivity contribution in [2.24, 2.45) is 0 Å². The molecule has 0 aliphatic heterocycles. The lowest BCUT2D eigenvalue weighted by Crippen LogP contribution is -2.12. The van der Waals surface area contributed by atoms with Crippen LogP contribution in [0.25, 0.3) is 0 Å². The van der Waals surface area contributed by atoms with Gasteiger partial charge in [0, 0.05) is 11.8 Å². The van der Waals surface area contributed by atoms with E-state index in [0.717, 1.165) is 0 Å². The van der Waals surface area contributed by atoms with Gasteiger partial charge >= 0.3 is 6.09 Å². The van der Waals surface area contributed by atoms with Gasteiger partial charge in [-0.1, -0.05) is 6.07 Å². The van der Waals surface area contributed by atoms with Gasteiger partial charge in [0.15, 0.2) is 0 Å². The normalized spacial score (nSPS) is 9.31. The second-order valence-electron chi connectivity index (χ2n) is 2.40. The highest BCUT2D eigenvalue weighted by molar-refractivity contribution is 5.84. The van der Waals surface area contributed by atoms with Crippen molar-refractivity contribution in [1.29, 1.82) is 0 Å². The number of hydrogen-bond acceptors (Lipinski definition) is 3. The summed E-state index contributed by atoms with van der Waals surface area (Å²) in [6.45, 7) is 2.05. The standard InChI is InChI=1S/C9H11NO3/c1-2-13-9(12)10-7-4-3-5-8(11)6-7/h3-6,11H,2H2,1H3,(H,10,12). The second-order valence-corrected chi connectivity index (χ2v) is 2.40. The maximum atomic E-state index is 10.9. The van der Waals surface area contributed by atoms with Gasteiger partial charge in [0.1, 0.15) is 5.75 Å². The molecular weight excluding hydrogens is 170 g/mol. The third-order valence-corrected chi connectivity index (χ3v) is 1.37. The molecule has 0 aliphatic rings. The van der Waals surface area contributed by atoms with Crippen molar-refractivity contribution in [1.82, 2.24) is 0 Å². The predicted molar refractivity (Wildman–Crippen MR) is 48.8 cm³/mol. The molecule has 1 aromatic rings. The number of anilines is 1. The minimum absolute atomic E-state index is 0.106. The molecule has 0 saturated carbocycles. The molecule has 70 valence electrons. The summed E-state index contributed by atoms with van der Waals surface area (Å²) in [5.74, 6) is 0.106. The Morgan fingerprint density at radius 3 is 3.00 bits per heavy atom. The Bertz CT molecular complexity index is 299. The summed E-state index contributed by atoms with van der Waals surface area (Å²) in [4.78, 5) is 10.9. The topological polar surface area (TPSA) is 58.6 Å². The fourth-order valence-electron chi connectivity index (χ4n) is 0.869. The average molecular weight is 181 g/mol. The minimum atomic E-state index is -0.520. The highest BCUT2D eigenvalue weighted by Gasteiger charge is 2.01. The number of carbonyl (C=O) groups excluding carboxylic acids is 1. The van der Waals surface area contributed by atoms with Gasteiger partial charge in [-0.2, -0.15) is 0 Å². The minimum Gasteiger partial charge on any atom is -0.508 e. The molecule has 0 spiro atoms. The van der Waals surface area contributed by atoms with Gasteiger partial charge in [-0.3, -0.25) is 5.32 Å². The van der Waals surface area contributed by atoms with Crippen molar-refractivity contribution in [3.63, 3.8) is 0 Å². The lowest BCUT2D eigenvalue weighted by molar-refractivity contribution is 0.168. The van der Waals surface area contributed by atoms with E-state index in [9.17, 15) is 4.79 Å². The van der Waals surface area contributed by atoms with Crippen molar-refractivity contribution in [2.75, 3.05) is 11.9 Å². The van der Waals surface area contributed by atoms with Crippen LogP contribution >= 0.6 is 0 Å². The van der Waals surface area contributed by atoms with Crippen LogP contribution < -0.4 is 5.32 Å². The summed E-state index contributed by atoms with van der Waals surface area (Å²) >= 11 is 0. The molecule has 2 N–H and O–H groups in total. The summed E-state index contributed by atoms with van der Waals surface area (Å²) in [6, 6.07) is 6.26. The van der Waals surface area contributed by atoms with Crippen LogP contribution in [0.1, 0.15) is 6.92 Å². The second kappa shape index (κ2) is 4.35. The van der Waals surface area contributed by atoms with E-state index in [1.165, 1.54) is 12.1 Å². The van der Waals surface area contributed by atoms with Crippen molar-refractivity contribution in [3.8, 4) is 5.75 Å². The summed E-state index contributed by atoms with van der Waals surface area (Å²) in [6.07, 6.45) is -0.520. The van der Waals surface area contributed by atoms with Crippen LogP contribution in [0, 0.1) is 0 Å². The summed E-state index contributed by atoms with van der Waals surface area (Å²) in [5.41, 5.74) is 0.512. The molecule has 0 saturated heterocycles. The Morgan fingerprint density at radius 2 is 2.38 bits per heavy atom. The fraction of sp³-hybridized carbons (Fsp3) is 0.222. The zero-order valence-electron chi connectivity index (χ0n) is 7.28. The van der Waals surface area contributed by atoms with E-state index >= 15 is 0 Å². The van der Waals surface area contributed by atoms with Gasteiger partial charge in [-0.25, -0.2) is 4.79 Å². The molecule has 0 fully saturated rings. The van der Waals surface area contributed by atoms with Crippen LogP contribution in [0.4, 0.5) is 10.5 Å². The lowest BCUT2D eigenvalue weighted by Gasteiger charge is -2.04. The van der Waals surface area contributed by atoms with Crippen LogP contribution in [-0.2, 0) is 4.74 Å². The van der Waals surface area contributed by atoms with E-state index in [4.69, 9.17) is 5.11 Å². The quantitative estimate of drug-likeness (QED) is 0.733. The zero-order chi connectivity index (χ0) is 9.68. The first kappa shape index (κ1) is 9.38. The summed E-state index contributed by atoms with van der Waals surface area (Å²) in [5, 5.41) is 11.5. The van der Waals surface area contributed by atoms with Gasteiger partial charge in [0.05, 0.1) is 6.61 Å². The largest absolute Gasteiger partial charge is 0.508 e. The van der Waals surface area contributed by atoms with Gasteiger partial charge in [0.25, 0.3) is 0 Å². The van der Waals surface area contributed by atoms with Crippen molar-refractivity contribution >= 4 is 11.8 Å². The summed E-state index contributed by atoms with van der Waals surface area (Å²) < 4.78 is 4.65. The van der Waals surface area contributed by atoms with E-state index in [1.807, 2.05) is 0 Å². The van der Waals surface area contributed by atoms with Gasteiger partial charge in [-0.15, -0.1) is 0 Å². The van der Waals surface area contributed by atoms with E-state index in [-0.39, 0.29) is 5.75 Å². The fourth-order valence-corrected chi connectivity index (χ4v) is 0.869. The monoisotopic (exact) mass is 181 g/mol. The van der Waals surface area contributed by atoms with Crippen LogP contribution in [0.2, 0.25) is 0 Å². The van der Waals surface area contributed by atoms with Crippen molar-refractivity contribution < 1.29 is 14.6 Å². The Morgan fingerprint density at radius 1 is 1.62 bits per heavy atom. The van der Waals surface area contributed by atoms with Crippen LogP contribution in [0.3, 0.4) is 0 Å². The molecule has 4 nitrogen and oxygen atoms in total. The van der Waals surface area contributed by atoms with Gasteiger partial charge in [-0.05, 0) is 19.1 Å². The molecule has 13 heavy (non-hydrogen) atoms. The third-order valence-electron chi connectivity index (χ3n) is 1.37. The molecule has 0 radical (unpaired) electrons. The van der Waals surface area contributed by atoms with E-state index in [1.54, 1.807) is 19.1 Å². The number of aromatic hydroxyl groups is 1. The average Bonchev–Trinajstić information content (AvgIpc) is 2.04. The number of benzene rings is 1. The van der Waals surface area contributed by atoms with Gasteiger partial charge < -0.3 is 9.84 Å². The Hall–Kier alpha value is -1.71. The Kier molecular flexibility index (Phi) is 3.14. The Labute approximate surface area is 76.1 Å². The van der Waals surface area contributed by atoms with Crippen LogP contribution in [0.5, 0.6) is 5.75 Å². The molecule has 1 rings (SSSR count). The molecule has 0 unspecified atom stereocenters. The van der Waals surface area contributed by atoms with Gasteiger partial charge in [0.2, 0.25) is 0 Å². The molecule has 0 aromatic heterocycles. The molecular formula is C9H11NO3. The molecule has 0 heterocycles. The van der Waals surface area contributed by atoms with E-state index < -0.39 is 6.09 Å². The maximum Gasteiger partial charge on any atom is 0.411 e. The smallest absolute Gasteiger partial charge is 0.411 e. The number of phenolic OH excluding ortho intramolecular Hbond substituents is 1. The number of carbonyl (C=O) groups is 1. The number of hydrogen-bond donors (Lipinski definition) is 2. The number of ether oxygens (including phenoxy) is 1. The molecule has 0 aliphatic carbocycles. The number of nitrogens with one attached hydrogen (secondary N) is 1. The lowest BCUT2D eigenvalue weighted by atomic mass is 10.3. The van der Waals surface area contributed by atoms with Crippen molar-refractivity contribution in [3.05, 3.63) is 24.3 Å². The zero-order valence-corrected chi connectivity index (χ0v) is 7.28. The highest BCUT2D eigenvalue weighted by Crippen LogP contribution is 2.15. The first-order valence-electron chi connectivity index (χ1n) is 3.95. The first-order valence-corrected chi connectivity index (χ1v) is 3.95. The van der Waals surface area contributed by atoms with Crippen molar-refractivity contribution in [2.45, 2.75) is 6.92 Å². The molecule has 4 heteroatoms. The molecule has 0 bridgehead atoms.